The molecule has 0 atom stereocenters. The molecule has 11 heteroatoms. The quantitative estimate of drug-likeness (QED) is 0.729. The van der Waals surface area contributed by atoms with Crippen molar-refractivity contribution in [2.24, 2.45) is 0 Å². The van der Waals surface area contributed by atoms with Crippen molar-refractivity contribution in [1.82, 2.24) is 5.32 Å². The van der Waals surface area contributed by atoms with Gasteiger partial charge in [-0.2, -0.15) is 13.2 Å². The summed E-state index contributed by atoms with van der Waals surface area (Å²) < 4.78 is 71.6. The highest BCUT2D eigenvalue weighted by molar-refractivity contribution is 7.92. The van der Waals surface area contributed by atoms with Gasteiger partial charge in [-0.3, -0.25) is 4.72 Å². The van der Waals surface area contributed by atoms with Crippen molar-refractivity contribution in [3.63, 3.8) is 0 Å². The number of sulfonamides is 1. The molecule has 1 aliphatic heterocycles. The number of alkyl halides is 3. The molecule has 0 amide bonds. The van der Waals surface area contributed by atoms with Gasteiger partial charge in [-0.25, -0.2) is 8.42 Å². The SMILES string of the molecule is COc1ccc(S(=O)(=O)Nc2cccc(C(F)(F)F)c2)cc1N1CCNCC1.Cl. The minimum Gasteiger partial charge on any atom is -0.495 e. The first-order chi connectivity index (χ1) is 13.2. The van der Waals surface area contributed by atoms with Gasteiger partial charge in [0.15, 0.2) is 0 Å². The van der Waals surface area contributed by atoms with E-state index < -0.39 is 21.8 Å². The number of nitrogens with one attached hydrogen (secondary N) is 2. The van der Waals surface area contributed by atoms with E-state index in [0.29, 0.717) is 24.5 Å². The van der Waals surface area contributed by atoms with E-state index in [1.807, 2.05) is 4.90 Å². The second-order valence-corrected chi connectivity index (χ2v) is 7.94. The molecule has 1 heterocycles. The Hall–Kier alpha value is -2.17. The van der Waals surface area contributed by atoms with Gasteiger partial charge in [0, 0.05) is 31.9 Å². The number of halogens is 4. The monoisotopic (exact) mass is 451 g/mol. The van der Waals surface area contributed by atoms with E-state index in [2.05, 4.69) is 10.0 Å². The maximum atomic E-state index is 12.9. The summed E-state index contributed by atoms with van der Waals surface area (Å²) >= 11 is 0. The topological polar surface area (TPSA) is 70.7 Å². The Labute approximate surface area is 173 Å². The van der Waals surface area contributed by atoms with Crippen LogP contribution >= 0.6 is 12.4 Å². The van der Waals surface area contributed by atoms with Gasteiger partial charge in [0.1, 0.15) is 5.75 Å². The average Bonchev–Trinajstić information content (AvgIpc) is 2.67. The minimum atomic E-state index is -4.56. The molecule has 3 rings (SSSR count). The summed E-state index contributed by atoms with van der Waals surface area (Å²) in [5.41, 5.74) is -0.464. The lowest BCUT2D eigenvalue weighted by atomic mass is 10.2. The van der Waals surface area contributed by atoms with E-state index in [9.17, 15) is 21.6 Å². The number of nitrogens with zero attached hydrogens (tertiary/aromatic N) is 1. The van der Waals surface area contributed by atoms with Crippen LogP contribution in [0.4, 0.5) is 24.5 Å². The van der Waals surface area contributed by atoms with Crippen LogP contribution in [0.5, 0.6) is 5.75 Å². The second kappa shape index (κ2) is 9.10. The van der Waals surface area contributed by atoms with E-state index in [4.69, 9.17) is 4.74 Å². The lowest BCUT2D eigenvalue weighted by Gasteiger charge is -2.30. The summed E-state index contributed by atoms with van der Waals surface area (Å²) in [4.78, 5) is 1.94. The molecule has 0 aromatic heterocycles. The molecular formula is C18H21ClF3N3O3S. The maximum Gasteiger partial charge on any atom is 0.416 e. The number of rotatable bonds is 5. The summed E-state index contributed by atoms with van der Waals surface area (Å²) in [7, 11) is -2.58. The molecule has 1 fully saturated rings. The van der Waals surface area contributed by atoms with Gasteiger partial charge in [-0.15, -0.1) is 12.4 Å². The van der Waals surface area contributed by atoms with Crippen LogP contribution in [0.3, 0.4) is 0 Å². The van der Waals surface area contributed by atoms with Crippen LogP contribution in [-0.2, 0) is 16.2 Å². The fourth-order valence-corrected chi connectivity index (χ4v) is 4.03. The number of anilines is 2. The third kappa shape index (κ3) is 5.46. The molecule has 160 valence electrons. The molecule has 2 aromatic rings. The van der Waals surface area contributed by atoms with Gasteiger partial charge >= 0.3 is 6.18 Å². The summed E-state index contributed by atoms with van der Waals surface area (Å²) in [6.45, 7) is 2.87. The third-order valence-corrected chi connectivity index (χ3v) is 5.74. The highest BCUT2D eigenvalue weighted by atomic mass is 35.5. The number of piperazine rings is 1. The Bertz CT molecular complexity index is 949. The fourth-order valence-electron chi connectivity index (χ4n) is 2.96. The van der Waals surface area contributed by atoms with Gasteiger partial charge in [-0.1, -0.05) is 6.07 Å². The third-order valence-electron chi connectivity index (χ3n) is 4.36. The Kier molecular flexibility index (Phi) is 7.25. The van der Waals surface area contributed by atoms with Gasteiger partial charge in [0.2, 0.25) is 0 Å². The fraction of sp³-hybridized carbons (Fsp3) is 0.333. The van der Waals surface area contributed by atoms with Crippen LogP contribution in [0, 0.1) is 0 Å². The molecule has 1 aliphatic rings. The molecule has 0 spiro atoms. The number of hydrogen-bond donors (Lipinski definition) is 2. The minimum absolute atomic E-state index is 0. The molecular weight excluding hydrogens is 431 g/mol. The molecule has 0 aliphatic carbocycles. The second-order valence-electron chi connectivity index (χ2n) is 6.25. The van der Waals surface area contributed by atoms with Crippen molar-refractivity contribution >= 4 is 33.8 Å². The zero-order chi connectivity index (χ0) is 20.4. The largest absolute Gasteiger partial charge is 0.495 e. The number of methoxy groups -OCH3 is 1. The summed E-state index contributed by atoms with van der Waals surface area (Å²) in [5.74, 6) is 0.528. The van der Waals surface area contributed by atoms with E-state index in [1.54, 1.807) is 0 Å². The summed E-state index contributed by atoms with van der Waals surface area (Å²) in [5, 5.41) is 3.21. The molecule has 29 heavy (non-hydrogen) atoms. The van der Waals surface area contributed by atoms with E-state index in [0.717, 1.165) is 31.3 Å². The van der Waals surface area contributed by atoms with Crippen molar-refractivity contribution in [2.75, 3.05) is 42.9 Å². The highest BCUT2D eigenvalue weighted by Crippen LogP contribution is 2.33. The molecule has 0 radical (unpaired) electrons. The summed E-state index contributed by atoms with van der Waals surface area (Å²) in [6.07, 6.45) is -4.56. The van der Waals surface area contributed by atoms with Crippen LogP contribution in [0.15, 0.2) is 47.4 Å². The molecule has 2 N–H and O–H groups in total. The predicted molar refractivity (Wildman–Crippen MR) is 108 cm³/mol. The maximum absolute atomic E-state index is 12.9. The number of hydrogen-bond acceptors (Lipinski definition) is 5. The standard InChI is InChI=1S/C18H20F3N3O3S.ClH/c1-27-17-6-5-15(12-16(17)24-9-7-22-8-10-24)28(25,26)23-14-4-2-3-13(11-14)18(19,20)21;/h2-6,11-12,22-23H,7-10H2,1H3;1H. The van der Waals surface area contributed by atoms with Crippen molar-refractivity contribution in [3.8, 4) is 5.75 Å². The van der Waals surface area contributed by atoms with Crippen LogP contribution < -0.4 is 19.7 Å². The lowest BCUT2D eigenvalue weighted by molar-refractivity contribution is -0.137. The molecule has 0 bridgehead atoms. The first kappa shape index (κ1) is 23.1. The Morgan fingerprint density at radius 1 is 1.10 bits per heavy atom. The summed E-state index contributed by atoms with van der Waals surface area (Å²) in [6, 6.07) is 8.44. The Balaban J connectivity index is 0.00000300. The first-order valence-corrected chi connectivity index (χ1v) is 10.0. The zero-order valence-corrected chi connectivity index (χ0v) is 17.1. The average molecular weight is 452 g/mol. The first-order valence-electron chi connectivity index (χ1n) is 8.54. The van der Waals surface area contributed by atoms with Crippen molar-refractivity contribution < 1.29 is 26.3 Å². The van der Waals surface area contributed by atoms with Gasteiger partial charge < -0.3 is 15.0 Å². The number of benzene rings is 2. The van der Waals surface area contributed by atoms with Gasteiger partial charge in [0.25, 0.3) is 10.0 Å². The van der Waals surface area contributed by atoms with Crippen molar-refractivity contribution in [2.45, 2.75) is 11.1 Å². The molecule has 0 unspecified atom stereocenters. The predicted octanol–water partition coefficient (Wildman–Crippen LogP) is 3.35. The van der Waals surface area contributed by atoms with Crippen LogP contribution in [0.1, 0.15) is 5.56 Å². The van der Waals surface area contributed by atoms with Crippen molar-refractivity contribution in [3.05, 3.63) is 48.0 Å². The Morgan fingerprint density at radius 2 is 1.79 bits per heavy atom. The van der Waals surface area contributed by atoms with Gasteiger partial charge in [-0.05, 0) is 36.4 Å². The molecule has 0 saturated carbocycles. The number of ether oxygens (including phenoxy) is 1. The van der Waals surface area contributed by atoms with E-state index >= 15 is 0 Å². The zero-order valence-electron chi connectivity index (χ0n) is 15.5. The van der Waals surface area contributed by atoms with Gasteiger partial charge in [0.05, 0.1) is 23.3 Å². The van der Waals surface area contributed by atoms with Crippen molar-refractivity contribution in [1.29, 1.82) is 0 Å². The molecule has 6 nitrogen and oxygen atoms in total. The van der Waals surface area contributed by atoms with Crippen LogP contribution in [-0.4, -0.2) is 41.7 Å². The van der Waals surface area contributed by atoms with E-state index in [-0.39, 0.29) is 23.0 Å². The Morgan fingerprint density at radius 3 is 2.41 bits per heavy atom. The highest BCUT2D eigenvalue weighted by Gasteiger charge is 2.31. The molecule has 2 aromatic carbocycles. The lowest BCUT2D eigenvalue weighted by Crippen LogP contribution is -2.43. The van der Waals surface area contributed by atoms with Crippen LogP contribution in [0.2, 0.25) is 0 Å². The smallest absolute Gasteiger partial charge is 0.416 e. The van der Waals surface area contributed by atoms with E-state index in [1.165, 1.54) is 31.4 Å². The molecule has 1 saturated heterocycles. The normalized spacial score (nSPS) is 14.8. The van der Waals surface area contributed by atoms with Crippen LogP contribution in [0.25, 0.3) is 0 Å².